The first kappa shape index (κ1) is 20.1. The van der Waals surface area contributed by atoms with Gasteiger partial charge >= 0.3 is 6.18 Å². The molecule has 0 saturated carbocycles. The van der Waals surface area contributed by atoms with E-state index in [9.17, 15) is 13.2 Å². The number of alkyl halides is 3. The molecule has 0 spiro atoms. The molecular weight excluding hydrogens is 371 g/mol. The van der Waals surface area contributed by atoms with Crippen LogP contribution in [0, 0.1) is 0 Å². The van der Waals surface area contributed by atoms with Crippen molar-refractivity contribution in [1.29, 1.82) is 0 Å². The van der Waals surface area contributed by atoms with Crippen LogP contribution in [0.25, 0.3) is 0 Å². The van der Waals surface area contributed by atoms with Gasteiger partial charge in [0.1, 0.15) is 6.10 Å². The Morgan fingerprint density at radius 1 is 1.08 bits per heavy atom. The zero-order valence-corrected chi connectivity index (χ0v) is 15.2. The van der Waals surface area contributed by atoms with E-state index >= 15 is 0 Å². The highest BCUT2D eigenvalue weighted by Crippen LogP contribution is 2.39. The van der Waals surface area contributed by atoms with E-state index in [-0.39, 0.29) is 24.1 Å². The van der Waals surface area contributed by atoms with Crippen LogP contribution in [0.5, 0.6) is 0 Å². The number of hydrogen-bond acceptors (Lipinski definition) is 3. The van der Waals surface area contributed by atoms with Gasteiger partial charge < -0.3 is 10.1 Å². The molecule has 0 radical (unpaired) electrons. The van der Waals surface area contributed by atoms with Crippen molar-refractivity contribution in [2.75, 3.05) is 19.3 Å². The highest BCUT2D eigenvalue weighted by molar-refractivity contribution is 7.98. The van der Waals surface area contributed by atoms with Crippen molar-refractivity contribution in [3.05, 3.63) is 65.2 Å². The van der Waals surface area contributed by atoms with Gasteiger partial charge in [0.25, 0.3) is 0 Å². The standard InChI is InChI=1S/C18H18F3NOS.ClH/c1-24-14-8-6-12(7-9-14)17(23-13-10-22-11-13)15-4-2-3-5-16(15)18(19,20)21;/h2-9,13,17,22H,10-11H2,1H3;1H. The minimum Gasteiger partial charge on any atom is -0.363 e. The second-order valence-electron chi connectivity index (χ2n) is 5.65. The van der Waals surface area contributed by atoms with E-state index in [1.54, 1.807) is 17.8 Å². The zero-order valence-electron chi connectivity index (χ0n) is 13.5. The van der Waals surface area contributed by atoms with Crippen molar-refractivity contribution in [3.8, 4) is 0 Å². The van der Waals surface area contributed by atoms with E-state index in [1.165, 1.54) is 12.1 Å². The highest BCUT2D eigenvalue weighted by Gasteiger charge is 2.36. The summed E-state index contributed by atoms with van der Waals surface area (Å²) < 4.78 is 46.2. The largest absolute Gasteiger partial charge is 0.416 e. The molecule has 1 aliphatic heterocycles. The van der Waals surface area contributed by atoms with Crippen LogP contribution in [-0.2, 0) is 10.9 Å². The molecular formula is C18H19ClF3NOS. The molecule has 2 aromatic rings. The molecule has 1 heterocycles. The molecule has 25 heavy (non-hydrogen) atoms. The molecule has 0 amide bonds. The third-order valence-corrected chi connectivity index (χ3v) is 4.78. The predicted molar refractivity (Wildman–Crippen MR) is 96.5 cm³/mol. The first-order valence-electron chi connectivity index (χ1n) is 7.65. The lowest BCUT2D eigenvalue weighted by atomic mass is 9.96. The van der Waals surface area contributed by atoms with Crippen molar-refractivity contribution in [2.45, 2.75) is 23.3 Å². The van der Waals surface area contributed by atoms with E-state index in [4.69, 9.17) is 4.74 Å². The third kappa shape index (κ3) is 4.70. The number of hydrogen-bond donors (Lipinski definition) is 1. The van der Waals surface area contributed by atoms with E-state index < -0.39 is 17.8 Å². The number of thioether (sulfide) groups is 1. The lowest BCUT2D eigenvalue weighted by molar-refractivity contribution is -0.140. The molecule has 1 atom stereocenters. The Morgan fingerprint density at radius 3 is 2.24 bits per heavy atom. The molecule has 3 rings (SSSR count). The van der Waals surface area contributed by atoms with Crippen LogP contribution in [0.1, 0.15) is 22.8 Å². The van der Waals surface area contributed by atoms with Gasteiger partial charge in [-0.1, -0.05) is 30.3 Å². The minimum absolute atomic E-state index is 0. The molecule has 1 unspecified atom stereocenters. The zero-order chi connectivity index (χ0) is 17.2. The van der Waals surface area contributed by atoms with Gasteiger partial charge in [-0.25, -0.2) is 0 Å². The van der Waals surface area contributed by atoms with Crippen molar-refractivity contribution >= 4 is 24.2 Å². The fourth-order valence-corrected chi connectivity index (χ4v) is 3.05. The van der Waals surface area contributed by atoms with Crippen LogP contribution in [0.4, 0.5) is 13.2 Å². The summed E-state index contributed by atoms with van der Waals surface area (Å²) in [6, 6.07) is 13.1. The molecule has 2 aromatic carbocycles. The first-order valence-corrected chi connectivity index (χ1v) is 8.88. The minimum atomic E-state index is -4.41. The Bertz CT molecular complexity index is 689. The maximum Gasteiger partial charge on any atom is 0.416 e. The molecule has 0 aromatic heterocycles. The molecule has 1 fully saturated rings. The third-order valence-electron chi connectivity index (χ3n) is 4.04. The smallest absolute Gasteiger partial charge is 0.363 e. The van der Waals surface area contributed by atoms with Crippen LogP contribution >= 0.6 is 24.2 Å². The van der Waals surface area contributed by atoms with Gasteiger partial charge in [-0.2, -0.15) is 13.2 Å². The van der Waals surface area contributed by atoms with E-state index in [1.807, 2.05) is 30.5 Å². The van der Waals surface area contributed by atoms with Gasteiger partial charge in [-0.05, 0) is 35.6 Å². The van der Waals surface area contributed by atoms with Crippen LogP contribution in [0.3, 0.4) is 0 Å². The topological polar surface area (TPSA) is 21.3 Å². The molecule has 136 valence electrons. The summed E-state index contributed by atoms with van der Waals surface area (Å²) in [4.78, 5) is 1.06. The average Bonchev–Trinajstić information content (AvgIpc) is 2.53. The normalized spacial score (nSPS) is 16.0. The maximum atomic E-state index is 13.4. The number of benzene rings is 2. The van der Waals surface area contributed by atoms with Gasteiger partial charge in [0.15, 0.2) is 0 Å². The van der Waals surface area contributed by atoms with Gasteiger partial charge in [-0.15, -0.1) is 24.2 Å². The van der Waals surface area contributed by atoms with Gasteiger partial charge in [0.2, 0.25) is 0 Å². The molecule has 0 bridgehead atoms. The van der Waals surface area contributed by atoms with E-state index in [0.29, 0.717) is 13.1 Å². The van der Waals surface area contributed by atoms with Crippen LogP contribution in [-0.4, -0.2) is 25.4 Å². The molecule has 7 heteroatoms. The van der Waals surface area contributed by atoms with E-state index in [2.05, 4.69) is 5.32 Å². The van der Waals surface area contributed by atoms with E-state index in [0.717, 1.165) is 16.5 Å². The lowest BCUT2D eigenvalue weighted by Gasteiger charge is -2.33. The van der Waals surface area contributed by atoms with Crippen molar-refractivity contribution in [2.24, 2.45) is 0 Å². The summed E-state index contributed by atoms with van der Waals surface area (Å²) in [6.45, 7) is 1.32. The molecule has 2 nitrogen and oxygen atoms in total. The summed E-state index contributed by atoms with van der Waals surface area (Å²) in [5, 5.41) is 3.08. The van der Waals surface area contributed by atoms with Crippen molar-refractivity contribution in [3.63, 3.8) is 0 Å². The first-order chi connectivity index (χ1) is 11.5. The number of rotatable bonds is 5. The van der Waals surface area contributed by atoms with Crippen LogP contribution < -0.4 is 5.32 Å². The quantitative estimate of drug-likeness (QED) is 0.733. The van der Waals surface area contributed by atoms with Gasteiger partial charge in [0, 0.05) is 18.0 Å². The molecule has 0 aliphatic carbocycles. The number of ether oxygens (including phenoxy) is 1. The Kier molecular flexibility index (Phi) is 6.79. The molecule has 1 N–H and O–H groups in total. The Hall–Kier alpha value is -1.21. The van der Waals surface area contributed by atoms with Crippen LogP contribution in [0.15, 0.2) is 53.4 Å². The maximum absolute atomic E-state index is 13.4. The van der Waals surface area contributed by atoms with Crippen molar-refractivity contribution in [1.82, 2.24) is 5.32 Å². The highest BCUT2D eigenvalue weighted by atomic mass is 35.5. The molecule has 1 saturated heterocycles. The second kappa shape index (κ2) is 8.45. The molecule has 1 aliphatic rings. The second-order valence-corrected chi connectivity index (χ2v) is 6.53. The van der Waals surface area contributed by atoms with Gasteiger partial charge in [-0.3, -0.25) is 0 Å². The van der Waals surface area contributed by atoms with Gasteiger partial charge in [0.05, 0.1) is 11.7 Å². The number of halogens is 4. The fourth-order valence-electron chi connectivity index (χ4n) is 2.64. The number of nitrogens with one attached hydrogen (secondary N) is 1. The average molecular weight is 390 g/mol. The summed E-state index contributed by atoms with van der Waals surface area (Å²) in [5.41, 5.74) is 0.251. The summed E-state index contributed by atoms with van der Waals surface area (Å²) in [7, 11) is 0. The van der Waals surface area contributed by atoms with Crippen LogP contribution in [0.2, 0.25) is 0 Å². The SMILES string of the molecule is CSc1ccc(C(OC2CNC2)c2ccccc2C(F)(F)F)cc1.Cl. The summed E-state index contributed by atoms with van der Waals surface area (Å²) in [6.07, 6.45) is -3.25. The monoisotopic (exact) mass is 389 g/mol. The predicted octanol–water partition coefficient (Wildman–Crippen LogP) is 4.93. The fraction of sp³-hybridized carbons (Fsp3) is 0.333. The Labute approximate surface area is 155 Å². The summed E-state index contributed by atoms with van der Waals surface area (Å²) in [5.74, 6) is 0. The summed E-state index contributed by atoms with van der Waals surface area (Å²) >= 11 is 1.59. The Morgan fingerprint density at radius 2 is 1.72 bits per heavy atom. The lowest BCUT2D eigenvalue weighted by Crippen LogP contribution is -2.49. The van der Waals surface area contributed by atoms with Crippen molar-refractivity contribution < 1.29 is 17.9 Å². The Balaban J connectivity index is 0.00000225.